The smallest absolute Gasteiger partial charge is 0.169 e. The maximum absolute atomic E-state index is 6.51. The monoisotopic (exact) mass is 476 g/mol. The Kier molecular flexibility index (Phi) is 11.3. The fraction of sp³-hybridized carbons (Fsp3) is 0.500. The number of para-hydroxylation sites is 1. The van der Waals surface area contributed by atoms with E-state index in [0.29, 0.717) is 18.4 Å². The van der Waals surface area contributed by atoms with Crippen molar-refractivity contribution < 1.29 is 14.2 Å². The fourth-order valence-corrected chi connectivity index (χ4v) is 4.41. The summed E-state index contributed by atoms with van der Waals surface area (Å²) in [6.07, 6.45) is 9.66. The second-order valence-electron chi connectivity index (χ2n) is 9.65. The van der Waals surface area contributed by atoms with Crippen molar-refractivity contribution in [2.75, 3.05) is 13.2 Å². The summed E-state index contributed by atoms with van der Waals surface area (Å²) in [4.78, 5) is 0. The Bertz CT molecular complexity index is 998. The Balaban J connectivity index is 1.84. The SMILES string of the molecule is CCCCC(CC)COc1ccc2c(OCC(CC)CCCC)c(Oc3ccccc3)ccc2c1. The van der Waals surface area contributed by atoms with Crippen molar-refractivity contribution in [3.8, 4) is 23.0 Å². The van der Waals surface area contributed by atoms with Crippen molar-refractivity contribution in [3.63, 3.8) is 0 Å². The summed E-state index contributed by atoms with van der Waals surface area (Å²) in [5, 5.41) is 2.18. The number of unbranched alkanes of at least 4 members (excludes halogenated alkanes) is 2. The highest BCUT2D eigenvalue weighted by Crippen LogP contribution is 2.40. The van der Waals surface area contributed by atoms with E-state index in [4.69, 9.17) is 14.2 Å². The van der Waals surface area contributed by atoms with Crippen molar-refractivity contribution in [1.82, 2.24) is 0 Å². The van der Waals surface area contributed by atoms with Gasteiger partial charge in [0.2, 0.25) is 0 Å². The summed E-state index contributed by atoms with van der Waals surface area (Å²) in [5.74, 6) is 4.47. The van der Waals surface area contributed by atoms with E-state index in [0.717, 1.165) is 53.2 Å². The second-order valence-corrected chi connectivity index (χ2v) is 9.65. The molecular formula is C32H44O3. The van der Waals surface area contributed by atoms with Gasteiger partial charge in [0.1, 0.15) is 11.5 Å². The van der Waals surface area contributed by atoms with Crippen LogP contribution in [0, 0.1) is 11.8 Å². The molecule has 0 aliphatic heterocycles. The molecule has 0 radical (unpaired) electrons. The average Bonchev–Trinajstić information content (AvgIpc) is 2.90. The van der Waals surface area contributed by atoms with Gasteiger partial charge in [-0.15, -0.1) is 0 Å². The average molecular weight is 477 g/mol. The number of rotatable bonds is 16. The van der Waals surface area contributed by atoms with E-state index in [2.05, 4.69) is 52.0 Å². The predicted molar refractivity (Wildman–Crippen MR) is 148 cm³/mol. The molecule has 0 aromatic heterocycles. The van der Waals surface area contributed by atoms with E-state index >= 15 is 0 Å². The Morgan fingerprint density at radius 3 is 1.94 bits per heavy atom. The van der Waals surface area contributed by atoms with Crippen LogP contribution in [0.5, 0.6) is 23.0 Å². The molecule has 3 aromatic carbocycles. The predicted octanol–water partition coefficient (Wildman–Crippen LogP) is 9.82. The molecule has 3 aromatic rings. The molecule has 0 aliphatic carbocycles. The first-order chi connectivity index (χ1) is 17.2. The lowest BCUT2D eigenvalue weighted by atomic mass is 10.0. The first-order valence-electron chi connectivity index (χ1n) is 13.7. The molecule has 0 saturated carbocycles. The minimum atomic E-state index is 0.548. The minimum absolute atomic E-state index is 0.548. The number of ether oxygens (including phenoxy) is 3. The van der Waals surface area contributed by atoms with Crippen molar-refractivity contribution in [2.45, 2.75) is 79.1 Å². The molecule has 0 saturated heterocycles. The van der Waals surface area contributed by atoms with Gasteiger partial charge in [-0.25, -0.2) is 0 Å². The zero-order chi connectivity index (χ0) is 24.9. The number of benzene rings is 3. The van der Waals surface area contributed by atoms with Crippen molar-refractivity contribution in [3.05, 3.63) is 60.7 Å². The van der Waals surface area contributed by atoms with Gasteiger partial charge in [0.15, 0.2) is 11.5 Å². The van der Waals surface area contributed by atoms with Crippen LogP contribution in [0.25, 0.3) is 10.8 Å². The molecule has 2 atom stereocenters. The molecule has 3 nitrogen and oxygen atoms in total. The van der Waals surface area contributed by atoms with Crippen molar-refractivity contribution >= 4 is 10.8 Å². The molecule has 190 valence electrons. The lowest BCUT2D eigenvalue weighted by molar-refractivity contribution is 0.229. The third-order valence-corrected chi connectivity index (χ3v) is 6.91. The highest BCUT2D eigenvalue weighted by Gasteiger charge is 2.16. The van der Waals surface area contributed by atoms with E-state index in [1.807, 2.05) is 36.4 Å². The highest BCUT2D eigenvalue weighted by molar-refractivity contribution is 5.92. The summed E-state index contributed by atoms with van der Waals surface area (Å²) in [6.45, 7) is 10.5. The van der Waals surface area contributed by atoms with Crippen LogP contribution in [0.2, 0.25) is 0 Å². The highest BCUT2D eigenvalue weighted by atomic mass is 16.5. The zero-order valence-corrected chi connectivity index (χ0v) is 22.2. The van der Waals surface area contributed by atoms with Gasteiger partial charge in [0.05, 0.1) is 13.2 Å². The summed E-state index contributed by atoms with van der Waals surface area (Å²) in [7, 11) is 0. The normalized spacial score (nSPS) is 12.9. The van der Waals surface area contributed by atoms with Crippen LogP contribution < -0.4 is 14.2 Å². The third kappa shape index (κ3) is 8.19. The number of hydrogen-bond donors (Lipinski definition) is 0. The van der Waals surface area contributed by atoms with Crippen LogP contribution in [0.3, 0.4) is 0 Å². The van der Waals surface area contributed by atoms with Crippen LogP contribution in [0.1, 0.15) is 79.1 Å². The molecule has 0 fully saturated rings. The molecule has 0 bridgehead atoms. The van der Waals surface area contributed by atoms with Crippen molar-refractivity contribution in [2.24, 2.45) is 11.8 Å². The number of hydrogen-bond acceptors (Lipinski definition) is 3. The molecule has 0 aliphatic rings. The van der Waals surface area contributed by atoms with Crippen LogP contribution >= 0.6 is 0 Å². The first kappa shape index (κ1) is 26.9. The van der Waals surface area contributed by atoms with E-state index < -0.39 is 0 Å². The minimum Gasteiger partial charge on any atom is -0.493 e. The quantitative estimate of drug-likeness (QED) is 0.206. The van der Waals surface area contributed by atoms with Gasteiger partial charge in [0, 0.05) is 5.39 Å². The Hall–Kier alpha value is -2.68. The second kappa shape index (κ2) is 14.7. The lowest BCUT2D eigenvalue weighted by Crippen LogP contribution is -2.12. The first-order valence-corrected chi connectivity index (χ1v) is 13.7. The molecule has 35 heavy (non-hydrogen) atoms. The van der Waals surface area contributed by atoms with E-state index in [1.54, 1.807) is 0 Å². The molecule has 0 heterocycles. The van der Waals surface area contributed by atoms with Crippen LogP contribution in [0.4, 0.5) is 0 Å². The molecule has 3 rings (SSSR count). The molecule has 0 amide bonds. The Labute approximate surface area is 212 Å². The van der Waals surface area contributed by atoms with Crippen LogP contribution in [0.15, 0.2) is 60.7 Å². The summed E-state index contributed by atoms with van der Waals surface area (Å²) in [5.41, 5.74) is 0. The molecular weight excluding hydrogens is 432 g/mol. The maximum atomic E-state index is 6.51. The summed E-state index contributed by atoms with van der Waals surface area (Å²) in [6, 6.07) is 20.4. The van der Waals surface area contributed by atoms with Gasteiger partial charge in [0.25, 0.3) is 0 Å². The summed E-state index contributed by atoms with van der Waals surface area (Å²) < 4.78 is 19.0. The van der Waals surface area contributed by atoms with Gasteiger partial charge in [-0.1, -0.05) is 90.5 Å². The third-order valence-electron chi connectivity index (χ3n) is 6.91. The van der Waals surface area contributed by atoms with Gasteiger partial charge in [-0.2, -0.15) is 0 Å². The summed E-state index contributed by atoms with van der Waals surface area (Å²) >= 11 is 0. The van der Waals surface area contributed by atoms with Crippen molar-refractivity contribution in [1.29, 1.82) is 0 Å². The Morgan fingerprint density at radius 2 is 1.31 bits per heavy atom. The van der Waals surface area contributed by atoms with Gasteiger partial charge >= 0.3 is 0 Å². The van der Waals surface area contributed by atoms with Gasteiger partial charge in [-0.3, -0.25) is 0 Å². The fourth-order valence-electron chi connectivity index (χ4n) is 4.41. The lowest BCUT2D eigenvalue weighted by Gasteiger charge is -2.20. The molecule has 2 unspecified atom stereocenters. The zero-order valence-electron chi connectivity index (χ0n) is 22.2. The maximum Gasteiger partial charge on any atom is 0.169 e. The van der Waals surface area contributed by atoms with E-state index in [9.17, 15) is 0 Å². The molecule has 0 N–H and O–H groups in total. The van der Waals surface area contributed by atoms with Gasteiger partial charge in [-0.05, 0) is 66.5 Å². The van der Waals surface area contributed by atoms with Crippen LogP contribution in [-0.4, -0.2) is 13.2 Å². The topological polar surface area (TPSA) is 27.7 Å². The molecule has 3 heteroatoms. The largest absolute Gasteiger partial charge is 0.493 e. The van der Waals surface area contributed by atoms with E-state index in [-0.39, 0.29) is 0 Å². The number of fused-ring (bicyclic) bond motifs is 1. The van der Waals surface area contributed by atoms with Gasteiger partial charge < -0.3 is 14.2 Å². The van der Waals surface area contributed by atoms with E-state index in [1.165, 1.54) is 38.5 Å². The molecule has 0 spiro atoms. The standard InChI is InChI=1S/C32H44O3/c1-5-9-14-25(7-3)23-33-29-19-20-30-27(22-29)18-21-31(35-28-16-12-11-13-17-28)32(30)34-24-26(8-4)15-10-6-2/h11-13,16-22,25-26H,5-10,14-15,23-24H2,1-4H3. The Morgan fingerprint density at radius 1 is 0.657 bits per heavy atom. The van der Waals surface area contributed by atoms with Crippen LogP contribution in [-0.2, 0) is 0 Å².